The lowest BCUT2D eigenvalue weighted by molar-refractivity contribution is 0.465. The molecule has 0 radical (unpaired) electrons. The molecule has 3 aromatic heterocycles. The predicted molar refractivity (Wildman–Crippen MR) is 110 cm³/mol. The fourth-order valence-corrected chi connectivity index (χ4v) is 5.16. The Bertz CT molecular complexity index is 1080. The minimum atomic E-state index is 0.536. The van der Waals surface area contributed by atoms with Gasteiger partial charge in [-0.3, -0.25) is 0 Å². The molecule has 0 aliphatic heterocycles. The zero-order chi connectivity index (χ0) is 18.9. The second-order valence-corrected chi connectivity index (χ2v) is 9.12. The van der Waals surface area contributed by atoms with Gasteiger partial charge in [0.1, 0.15) is 0 Å². The van der Waals surface area contributed by atoms with Gasteiger partial charge in [0.05, 0.1) is 16.8 Å². The van der Waals surface area contributed by atoms with Gasteiger partial charge in [-0.1, -0.05) is 49.0 Å². The van der Waals surface area contributed by atoms with E-state index in [1.54, 1.807) is 17.5 Å². The molecule has 1 aliphatic rings. The molecule has 0 N–H and O–H groups in total. The van der Waals surface area contributed by atoms with E-state index in [0.29, 0.717) is 22.8 Å². The van der Waals surface area contributed by atoms with Crippen LogP contribution in [0.1, 0.15) is 29.7 Å². The molecular formula is C21H19N3O2S2. The third kappa shape index (κ3) is 3.64. The van der Waals surface area contributed by atoms with Crippen molar-refractivity contribution in [2.75, 3.05) is 0 Å². The van der Waals surface area contributed by atoms with Gasteiger partial charge in [-0.15, -0.1) is 21.5 Å². The number of benzene rings is 1. The molecular weight excluding hydrogens is 390 g/mol. The number of thioether (sulfide) groups is 1. The molecule has 5 nitrogen and oxygen atoms in total. The van der Waals surface area contributed by atoms with Crippen LogP contribution in [0.25, 0.3) is 22.1 Å². The number of aryl methyl sites for hydroxylation is 1. The van der Waals surface area contributed by atoms with E-state index in [4.69, 9.17) is 8.83 Å². The highest BCUT2D eigenvalue weighted by atomic mass is 32.2. The van der Waals surface area contributed by atoms with Gasteiger partial charge >= 0.3 is 0 Å². The highest BCUT2D eigenvalue weighted by molar-refractivity contribution is 7.98. The first kappa shape index (κ1) is 17.7. The van der Waals surface area contributed by atoms with Crippen LogP contribution < -0.4 is 0 Å². The second kappa shape index (κ2) is 7.56. The molecule has 1 aliphatic carbocycles. The van der Waals surface area contributed by atoms with Crippen molar-refractivity contribution in [2.24, 2.45) is 5.92 Å². The molecule has 5 rings (SSSR count). The number of nitrogens with zero attached hydrogens (tertiary/aromatic N) is 3. The summed E-state index contributed by atoms with van der Waals surface area (Å²) in [6, 6.07) is 12.2. The first-order valence-corrected chi connectivity index (χ1v) is 11.1. The van der Waals surface area contributed by atoms with Crippen molar-refractivity contribution in [3.8, 4) is 22.1 Å². The Morgan fingerprint density at radius 1 is 1.18 bits per heavy atom. The first-order valence-electron chi connectivity index (χ1n) is 9.33. The molecule has 0 saturated heterocycles. The summed E-state index contributed by atoms with van der Waals surface area (Å²) in [5.74, 6) is 3.31. The summed E-state index contributed by atoms with van der Waals surface area (Å²) < 4.78 is 11.7. The van der Waals surface area contributed by atoms with Crippen molar-refractivity contribution in [1.29, 1.82) is 0 Å². The number of hydrogen-bond donors (Lipinski definition) is 0. The molecule has 7 heteroatoms. The van der Waals surface area contributed by atoms with E-state index < -0.39 is 0 Å². The molecule has 0 fully saturated rings. The van der Waals surface area contributed by atoms with Gasteiger partial charge in [0.2, 0.25) is 5.89 Å². The molecule has 4 aromatic rings. The summed E-state index contributed by atoms with van der Waals surface area (Å²) in [6.45, 7) is 2.31. The molecule has 0 amide bonds. The van der Waals surface area contributed by atoms with E-state index in [1.807, 2.05) is 30.3 Å². The molecule has 0 saturated carbocycles. The summed E-state index contributed by atoms with van der Waals surface area (Å²) in [5, 5.41) is 8.95. The Morgan fingerprint density at radius 2 is 2.07 bits per heavy atom. The predicted octanol–water partition coefficient (Wildman–Crippen LogP) is 5.87. The number of fused-ring (bicyclic) bond motifs is 1. The van der Waals surface area contributed by atoms with E-state index in [-0.39, 0.29) is 0 Å². The maximum atomic E-state index is 5.87. The number of aromatic nitrogens is 3. The van der Waals surface area contributed by atoms with Gasteiger partial charge < -0.3 is 8.83 Å². The standard InChI is InChI=1S/C21H19N3O2S2/c1-13-7-8-17-15(9-13)10-18(28-17)20-23-24-21(26-20)27-12-19-22-11-16(25-19)14-5-3-2-4-6-14/h2-6,10-11,13H,7-9,12H2,1H3/t13-/m1/s1. The van der Waals surface area contributed by atoms with Crippen LogP contribution in [0.3, 0.4) is 0 Å². The van der Waals surface area contributed by atoms with Crippen LogP contribution in [0, 0.1) is 5.92 Å². The van der Waals surface area contributed by atoms with Crippen LogP contribution in [-0.4, -0.2) is 15.2 Å². The fraction of sp³-hybridized carbons (Fsp3) is 0.286. The van der Waals surface area contributed by atoms with Gasteiger partial charge in [0, 0.05) is 10.4 Å². The molecule has 3 heterocycles. The molecule has 0 bridgehead atoms. The maximum Gasteiger partial charge on any atom is 0.277 e. The molecule has 1 atom stereocenters. The maximum absolute atomic E-state index is 5.87. The average Bonchev–Trinajstić information content (AvgIpc) is 3.45. The van der Waals surface area contributed by atoms with Crippen LogP contribution in [0.2, 0.25) is 0 Å². The molecule has 1 aromatic carbocycles. The Hall–Kier alpha value is -2.38. The molecule has 0 spiro atoms. The van der Waals surface area contributed by atoms with Crippen molar-refractivity contribution in [3.63, 3.8) is 0 Å². The zero-order valence-corrected chi connectivity index (χ0v) is 17.1. The normalized spacial score (nSPS) is 16.2. The molecule has 142 valence electrons. The lowest BCUT2D eigenvalue weighted by Gasteiger charge is -2.16. The topological polar surface area (TPSA) is 65.0 Å². The van der Waals surface area contributed by atoms with Gasteiger partial charge in [-0.2, -0.15) is 0 Å². The average molecular weight is 410 g/mol. The monoisotopic (exact) mass is 409 g/mol. The van der Waals surface area contributed by atoms with Crippen LogP contribution >= 0.6 is 23.1 Å². The Morgan fingerprint density at radius 3 is 2.96 bits per heavy atom. The molecule has 0 unspecified atom stereocenters. The molecule has 28 heavy (non-hydrogen) atoms. The summed E-state index contributed by atoms with van der Waals surface area (Å²) in [6.07, 6.45) is 5.32. The van der Waals surface area contributed by atoms with Crippen LogP contribution in [0.5, 0.6) is 0 Å². The minimum Gasteiger partial charge on any atom is -0.440 e. The van der Waals surface area contributed by atoms with E-state index in [0.717, 1.165) is 35.0 Å². The third-order valence-corrected chi connectivity index (χ3v) is 6.91. The summed E-state index contributed by atoms with van der Waals surface area (Å²) in [7, 11) is 0. The van der Waals surface area contributed by atoms with Crippen LogP contribution in [-0.2, 0) is 18.6 Å². The number of hydrogen-bond acceptors (Lipinski definition) is 7. The van der Waals surface area contributed by atoms with Crippen molar-refractivity contribution >= 4 is 23.1 Å². The van der Waals surface area contributed by atoms with Crippen molar-refractivity contribution in [1.82, 2.24) is 15.2 Å². The van der Waals surface area contributed by atoms with Crippen LogP contribution in [0.4, 0.5) is 0 Å². The highest BCUT2D eigenvalue weighted by Gasteiger charge is 2.21. The minimum absolute atomic E-state index is 0.536. The van der Waals surface area contributed by atoms with Crippen LogP contribution in [0.15, 0.2) is 56.7 Å². The van der Waals surface area contributed by atoms with Crippen molar-refractivity contribution < 1.29 is 8.83 Å². The SMILES string of the molecule is C[C@@H]1CCc2sc(-c3nnc(SCc4ncc(-c5ccccc5)o4)o3)cc2C1. The summed E-state index contributed by atoms with van der Waals surface area (Å²) >= 11 is 3.22. The zero-order valence-electron chi connectivity index (χ0n) is 15.4. The van der Waals surface area contributed by atoms with E-state index >= 15 is 0 Å². The first-order chi connectivity index (χ1) is 13.7. The smallest absolute Gasteiger partial charge is 0.277 e. The van der Waals surface area contributed by atoms with Crippen molar-refractivity contribution in [3.05, 3.63) is 58.9 Å². The lowest BCUT2D eigenvalue weighted by Crippen LogP contribution is -2.07. The number of oxazole rings is 1. The highest BCUT2D eigenvalue weighted by Crippen LogP contribution is 2.37. The third-order valence-electron chi connectivity index (χ3n) is 4.88. The van der Waals surface area contributed by atoms with Gasteiger partial charge in [-0.25, -0.2) is 4.98 Å². The van der Waals surface area contributed by atoms with Crippen molar-refractivity contribution in [2.45, 2.75) is 37.2 Å². The van der Waals surface area contributed by atoms with E-state index in [9.17, 15) is 0 Å². The van der Waals surface area contributed by atoms with Gasteiger partial charge in [0.15, 0.2) is 5.76 Å². The van der Waals surface area contributed by atoms with Gasteiger partial charge in [0.25, 0.3) is 11.1 Å². The Balaban J connectivity index is 1.26. The Kier molecular flexibility index (Phi) is 4.78. The second-order valence-electron chi connectivity index (χ2n) is 7.05. The Labute approximate surface area is 171 Å². The number of thiophene rings is 1. The van der Waals surface area contributed by atoms with E-state index in [1.165, 1.54) is 28.6 Å². The summed E-state index contributed by atoms with van der Waals surface area (Å²) in [4.78, 5) is 6.89. The largest absolute Gasteiger partial charge is 0.440 e. The fourth-order valence-electron chi connectivity index (χ4n) is 3.42. The van der Waals surface area contributed by atoms with E-state index in [2.05, 4.69) is 28.2 Å². The number of rotatable bonds is 5. The quantitative estimate of drug-likeness (QED) is 0.384. The lowest BCUT2D eigenvalue weighted by atomic mass is 9.90. The van der Waals surface area contributed by atoms with Gasteiger partial charge in [-0.05, 0) is 36.8 Å². The summed E-state index contributed by atoms with van der Waals surface area (Å²) in [5.41, 5.74) is 2.46.